The molecule has 0 saturated carbocycles. The Morgan fingerprint density at radius 3 is 3.10 bits per heavy atom. The number of hydrogen-bond acceptors (Lipinski definition) is 6. The molecule has 3 unspecified atom stereocenters. The van der Waals surface area contributed by atoms with Crippen molar-refractivity contribution >= 4 is 22.7 Å². The lowest BCUT2D eigenvalue weighted by Gasteiger charge is -2.19. The van der Waals surface area contributed by atoms with Crippen molar-refractivity contribution < 1.29 is 19.4 Å². The SMILES string of the molecule is COC(=O)C1=C(n2nnc3ccccc32)C2OC1CC2O. The summed E-state index contributed by atoms with van der Waals surface area (Å²) in [5.74, 6) is -0.455. The van der Waals surface area contributed by atoms with Gasteiger partial charge in [0.15, 0.2) is 0 Å². The molecule has 21 heavy (non-hydrogen) atoms. The molecule has 108 valence electrons. The molecule has 1 aromatic carbocycles. The van der Waals surface area contributed by atoms with Crippen molar-refractivity contribution in [3.05, 3.63) is 29.8 Å². The van der Waals surface area contributed by atoms with Crippen molar-refractivity contribution in [1.29, 1.82) is 0 Å². The smallest absolute Gasteiger partial charge is 0.338 e. The van der Waals surface area contributed by atoms with Crippen LogP contribution in [-0.4, -0.2) is 51.5 Å². The molecule has 2 aliphatic heterocycles. The van der Waals surface area contributed by atoms with E-state index in [-0.39, 0.29) is 0 Å². The Morgan fingerprint density at radius 2 is 2.29 bits per heavy atom. The number of carbonyl (C=O) groups excluding carboxylic acids is 1. The summed E-state index contributed by atoms with van der Waals surface area (Å²) in [6.45, 7) is 0. The molecule has 4 rings (SSSR count). The first-order valence-corrected chi connectivity index (χ1v) is 6.67. The number of aromatic nitrogens is 3. The summed E-state index contributed by atoms with van der Waals surface area (Å²) in [5, 5.41) is 18.2. The van der Waals surface area contributed by atoms with Crippen molar-refractivity contribution in [3.63, 3.8) is 0 Å². The molecule has 0 amide bonds. The van der Waals surface area contributed by atoms with E-state index in [2.05, 4.69) is 10.3 Å². The predicted octanol–water partition coefficient (Wildman–Crippen LogP) is 0.347. The van der Waals surface area contributed by atoms with Crippen LogP contribution in [0.5, 0.6) is 0 Å². The largest absolute Gasteiger partial charge is 0.466 e. The molecule has 2 aliphatic rings. The second kappa shape index (κ2) is 4.37. The maximum atomic E-state index is 12.0. The van der Waals surface area contributed by atoms with Gasteiger partial charge in [-0.2, -0.15) is 0 Å². The zero-order valence-electron chi connectivity index (χ0n) is 11.3. The third-order valence-electron chi connectivity index (χ3n) is 3.97. The molecule has 7 nitrogen and oxygen atoms in total. The fourth-order valence-corrected chi connectivity index (χ4v) is 3.04. The van der Waals surface area contributed by atoms with Crippen LogP contribution in [0.1, 0.15) is 6.42 Å². The van der Waals surface area contributed by atoms with E-state index in [4.69, 9.17) is 9.47 Å². The van der Waals surface area contributed by atoms with Crippen LogP contribution in [0.3, 0.4) is 0 Å². The Labute approximate surface area is 119 Å². The highest BCUT2D eigenvalue weighted by Crippen LogP contribution is 2.42. The molecule has 1 aromatic heterocycles. The van der Waals surface area contributed by atoms with Crippen LogP contribution in [0.2, 0.25) is 0 Å². The van der Waals surface area contributed by atoms with Crippen molar-refractivity contribution in [2.24, 2.45) is 0 Å². The lowest BCUT2D eigenvalue weighted by atomic mass is 9.94. The lowest BCUT2D eigenvalue weighted by Crippen LogP contribution is -2.29. The number of benzene rings is 1. The minimum atomic E-state index is -0.652. The minimum absolute atomic E-state index is 0.394. The van der Waals surface area contributed by atoms with E-state index >= 15 is 0 Å². The first-order valence-electron chi connectivity index (χ1n) is 6.67. The molecule has 0 spiro atoms. The van der Waals surface area contributed by atoms with Crippen molar-refractivity contribution in [2.45, 2.75) is 24.7 Å². The average molecular weight is 287 g/mol. The van der Waals surface area contributed by atoms with Gasteiger partial charge in [-0.15, -0.1) is 5.10 Å². The maximum absolute atomic E-state index is 12.0. The summed E-state index contributed by atoms with van der Waals surface area (Å²) in [7, 11) is 1.33. The molecule has 1 N–H and O–H groups in total. The van der Waals surface area contributed by atoms with Gasteiger partial charge in [-0.05, 0) is 12.1 Å². The Balaban J connectivity index is 1.95. The molecule has 3 atom stereocenters. The number of aliphatic hydroxyl groups is 1. The summed E-state index contributed by atoms with van der Waals surface area (Å²) in [6.07, 6.45) is -1.28. The predicted molar refractivity (Wildman–Crippen MR) is 72.0 cm³/mol. The maximum Gasteiger partial charge on any atom is 0.338 e. The van der Waals surface area contributed by atoms with Gasteiger partial charge in [0, 0.05) is 6.42 Å². The second-order valence-corrected chi connectivity index (χ2v) is 5.13. The van der Waals surface area contributed by atoms with Gasteiger partial charge in [0.25, 0.3) is 0 Å². The van der Waals surface area contributed by atoms with E-state index in [9.17, 15) is 9.90 Å². The van der Waals surface area contributed by atoms with Crippen LogP contribution in [0.4, 0.5) is 0 Å². The van der Waals surface area contributed by atoms with Crippen LogP contribution in [0.15, 0.2) is 29.8 Å². The number of rotatable bonds is 2. The standard InChI is InChI=1S/C14H13N3O4/c1-20-14(19)11-10-6-9(18)13(21-10)12(11)17-8-5-3-2-4-7(8)15-16-17/h2-5,9-10,13,18H,6H2,1H3. The van der Waals surface area contributed by atoms with Gasteiger partial charge in [0.05, 0.1) is 36.1 Å². The summed E-state index contributed by atoms with van der Waals surface area (Å²) in [6, 6.07) is 7.42. The van der Waals surface area contributed by atoms with Crippen LogP contribution in [0, 0.1) is 0 Å². The van der Waals surface area contributed by atoms with Gasteiger partial charge in [-0.3, -0.25) is 0 Å². The topological polar surface area (TPSA) is 86.5 Å². The van der Waals surface area contributed by atoms with Crippen molar-refractivity contribution in [2.75, 3.05) is 7.11 Å². The summed E-state index contributed by atoms with van der Waals surface area (Å²) < 4.78 is 12.1. The fraction of sp³-hybridized carbons (Fsp3) is 0.357. The number of ether oxygens (including phenoxy) is 2. The molecule has 0 aliphatic carbocycles. The van der Waals surface area contributed by atoms with Crippen LogP contribution in [-0.2, 0) is 14.3 Å². The molecule has 1 fully saturated rings. The van der Waals surface area contributed by atoms with Gasteiger partial charge < -0.3 is 14.6 Å². The quantitative estimate of drug-likeness (QED) is 0.802. The fourth-order valence-electron chi connectivity index (χ4n) is 3.04. The Kier molecular flexibility index (Phi) is 2.60. The van der Waals surface area contributed by atoms with Crippen molar-refractivity contribution in [3.8, 4) is 0 Å². The summed E-state index contributed by atoms with van der Waals surface area (Å²) in [5.41, 5.74) is 2.42. The van der Waals surface area contributed by atoms with Crippen LogP contribution < -0.4 is 0 Å². The number of fused-ring (bicyclic) bond motifs is 3. The Bertz CT molecular complexity index is 766. The van der Waals surface area contributed by atoms with E-state index in [0.717, 1.165) is 5.52 Å². The van der Waals surface area contributed by atoms with Gasteiger partial charge in [-0.1, -0.05) is 17.3 Å². The van der Waals surface area contributed by atoms with Crippen LogP contribution >= 0.6 is 0 Å². The lowest BCUT2D eigenvalue weighted by molar-refractivity contribution is -0.136. The first-order chi connectivity index (χ1) is 10.2. The number of esters is 1. The molecule has 2 aromatic rings. The highest BCUT2D eigenvalue weighted by Gasteiger charge is 2.50. The molecule has 1 saturated heterocycles. The summed E-state index contributed by atoms with van der Waals surface area (Å²) in [4.78, 5) is 12.0. The highest BCUT2D eigenvalue weighted by molar-refractivity contribution is 5.99. The normalized spacial score (nSPS) is 27.6. The van der Waals surface area contributed by atoms with Crippen LogP contribution in [0.25, 0.3) is 16.7 Å². The van der Waals surface area contributed by atoms with E-state index < -0.39 is 24.3 Å². The van der Waals surface area contributed by atoms with Crippen molar-refractivity contribution in [1.82, 2.24) is 15.0 Å². The van der Waals surface area contributed by atoms with Gasteiger partial charge in [0.1, 0.15) is 11.6 Å². The van der Waals surface area contributed by atoms with Gasteiger partial charge in [-0.25, -0.2) is 9.48 Å². The third-order valence-corrected chi connectivity index (χ3v) is 3.97. The number of methoxy groups -OCH3 is 1. The Morgan fingerprint density at radius 1 is 1.48 bits per heavy atom. The second-order valence-electron chi connectivity index (χ2n) is 5.13. The summed E-state index contributed by atoms with van der Waals surface area (Å²) >= 11 is 0. The molecular weight excluding hydrogens is 274 g/mol. The van der Waals surface area contributed by atoms with E-state index in [1.54, 1.807) is 4.68 Å². The number of nitrogens with zero attached hydrogens (tertiary/aromatic N) is 3. The van der Waals surface area contributed by atoms with Gasteiger partial charge in [0.2, 0.25) is 0 Å². The molecule has 2 bridgehead atoms. The number of aliphatic hydroxyl groups excluding tert-OH is 1. The van der Waals surface area contributed by atoms with E-state index in [1.807, 2.05) is 24.3 Å². The van der Waals surface area contributed by atoms with Gasteiger partial charge >= 0.3 is 5.97 Å². The van der Waals surface area contributed by atoms with E-state index in [1.165, 1.54) is 7.11 Å². The third kappa shape index (κ3) is 1.64. The average Bonchev–Trinajstić information content (AvgIpc) is 3.17. The molecule has 0 radical (unpaired) electrons. The molecular formula is C14H13N3O4. The zero-order valence-corrected chi connectivity index (χ0v) is 11.3. The van der Waals surface area contributed by atoms with E-state index in [0.29, 0.717) is 23.2 Å². The Hall–Kier alpha value is -2.25. The molecule has 3 heterocycles. The first kappa shape index (κ1) is 12.5. The number of carbonyl (C=O) groups is 1. The number of hydrogen-bond donors (Lipinski definition) is 1. The zero-order chi connectivity index (χ0) is 14.6. The monoisotopic (exact) mass is 287 g/mol. The highest BCUT2D eigenvalue weighted by atomic mass is 16.5. The number of para-hydroxylation sites is 1. The molecule has 7 heteroatoms. The minimum Gasteiger partial charge on any atom is -0.466 e.